The maximum atomic E-state index is 11.1. The van der Waals surface area contributed by atoms with Crippen LogP contribution < -0.4 is 10.2 Å². The van der Waals surface area contributed by atoms with Gasteiger partial charge < -0.3 is 5.32 Å². The topological polar surface area (TPSA) is 58.4 Å². The molecule has 1 aromatic carbocycles. The summed E-state index contributed by atoms with van der Waals surface area (Å²) in [6, 6.07) is 8.01. The van der Waals surface area contributed by atoms with Gasteiger partial charge >= 0.3 is 6.29 Å². The number of nitro groups is 1. The molecular formula is C12H15N3O2. The van der Waals surface area contributed by atoms with Crippen LogP contribution in [0.1, 0.15) is 25.7 Å². The zero-order valence-corrected chi connectivity index (χ0v) is 9.50. The first kappa shape index (κ1) is 10.4. The molecule has 1 unspecified atom stereocenters. The van der Waals surface area contributed by atoms with Crippen molar-refractivity contribution in [2.45, 2.75) is 38.0 Å². The SMILES string of the molecule is O=[N+]([O-])C1Nc2ccccc2N1C1CCCC1. The van der Waals surface area contributed by atoms with Gasteiger partial charge in [0.1, 0.15) is 0 Å². The van der Waals surface area contributed by atoms with E-state index in [2.05, 4.69) is 5.32 Å². The molecule has 0 aromatic heterocycles. The molecule has 0 saturated heterocycles. The first-order chi connectivity index (χ1) is 8.27. The molecule has 3 rings (SSSR count). The van der Waals surface area contributed by atoms with Crippen molar-refractivity contribution in [2.24, 2.45) is 0 Å². The Balaban J connectivity index is 1.98. The number of benzene rings is 1. The van der Waals surface area contributed by atoms with Crippen LogP contribution in [-0.4, -0.2) is 17.3 Å². The van der Waals surface area contributed by atoms with Gasteiger partial charge in [-0.2, -0.15) is 0 Å². The van der Waals surface area contributed by atoms with E-state index in [1.165, 1.54) is 12.8 Å². The van der Waals surface area contributed by atoms with Crippen LogP contribution >= 0.6 is 0 Å². The smallest absolute Gasteiger partial charge is 0.303 e. The van der Waals surface area contributed by atoms with E-state index in [0.29, 0.717) is 6.04 Å². The zero-order chi connectivity index (χ0) is 11.8. The summed E-state index contributed by atoms with van der Waals surface area (Å²) in [5, 5.41) is 14.1. The quantitative estimate of drug-likeness (QED) is 0.629. The van der Waals surface area contributed by atoms with Gasteiger partial charge in [0.2, 0.25) is 0 Å². The summed E-state index contributed by atoms with van der Waals surface area (Å²) in [6.45, 7) is 0. The van der Waals surface area contributed by atoms with E-state index in [-0.39, 0.29) is 4.92 Å². The molecule has 1 aliphatic carbocycles. The molecule has 0 radical (unpaired) electrons. The van der Waals surface area contributed by atoms with Crippen molar-refractivity contribution in [2.75, 3.05) is 10.2 Å². The van der Waals surface area contributed by atoms with Gasteiger partial charge in [-0.05, 0) is 25.0 Å². The minimum atomic E-state index is -0.796. The summed E-state index contributed by atoms with van der Waals surface area (Å²) < 4.78 is 0. The zero-order valence-electron chi connectivity index (χ0n) is 9.50. The minimum Gasteiger partial charge on any atom is -0.303 e. The molecule has 1 N–H and O–H groups in total. The molecule has 0 amide bonds. The second-order valence-corrected chi connectivity index (χ2v) is 4.67. The fraction of sp³-hybridized carbons (Fsp3) is 0.500. The normalized spacial score (nSPS) is 23.5. The van der Waals surface area contributed by atoms with Crippen molar-refractivity contribution in [1.82, 2.24) is 0 Å². The van der Waals surface area contributed by atoms with E-state index in [0.717, 1.165) is 24.2 Å². The molecule has 1 heterocycles. The van der Waals surface area contributed by atoms with Crippen molar-refractivity contribution in [3.05, 3.63) is 34.4 Å². The Kier molecular flexibility index (Phi) is 2.39. The fourth-order valence-corrected chi connectivity index (χ4v) is 2.89. The Morgan fingerprint density at radius 1 is 1.29 bits per heavy atom. The molecular weight excluding hydrogens is 218 g/mol. The third kappa shape index (κ3) is 1.62. The average molecular weight is 233 g/mol. The average Bonchev–Trinajstić information content (AvgIpc) is 2.94. The highest BCUT2D eigenvalue weighted by Crippen LogP contribution is 2.39. The lowest BCUT2D eigenvalue weighted by Crippen LogP contribution is -2.47. The number of para-hydroxylation sites is 2. The van der Waals surface area contributed by atoms with Crippen molar-refractivity contribution in [1.29, 1.82) is 0 Å². The van der Waals surface area contributed by atoms with E-state index in [1.807, 2.05) is 29.2 Å². The summed E-state index contributed by atoms with van der Waals surface area (Å²) in [6.07, 6.45) is 3.66. The lowest BCUT2D eigenvalue weighted by atomic mass is 10.2. The molecule has 1 saturated carbocycles. The molecule has 90 valence electrons. The number of rotatable bonds is 2. The molecule has 0 spiro atoms. The van der Waals surface area contributed by atoms with Crippen LogP contribution in [0, 0.1) is 10.1 Å². The van der Waals surface area contributed by atoms with Gasteiger partial charge in [-0.15, -0.1) is 0 Å². The van der Waals surface area contributed by atoms with Gasteiger partial charge in [0.15, 0.2) is 0 Å². The van der Waals surface area contributed by atoms with Crippen molar-refractivity contribution < 1.29 is 4.92 Å². The second-order valence-electron chi connectivity index (χ2n) is 4.67. The standard InChI is InChI=1S/C12H15N3O2/c16-15(17)12-13-10-7-3-4-8-11(10)14(12)9-5-1-2-6-9/h3-4,7-9,12-13H,1-2,5-6H2. The van der Waals surface area contributed by atoms with Gasteiger partial charge in [0.25, 0.3) is 0 Å². The number of nitrogens with one attached hydrogen (secondary N) is 1. The first-order valence-corrected chi connectivity index (χ1v) is 6.05. The van der Waals surface area contributed by atoms with Crippen LogP contribution in [0.15, 0.2) is 24.3 Å². The largest absolute Gasteiger partial charge is 0.366 e. The van der Waals surface area contributed by atoms with Crippen LogP contribution in [-0.2, 0) is 0 Å². The third-order valence-corrected chi connectivity index (χ3v) is 3.65. The maximum absolute atomic E-state index is 11.1. The molecule has 5 nitrogen and oxygen atoms in total. The van der Waals surface area contributed by atoms with Gasteiger partial charge in [-0.1, -0.05) is 25.0 Å². The summed E-state index contributed by atoms with van der Waals surface area (Å²) in [4.78, 5) is 12.8. The van der Waals surface area contributed by atoms with E-state index < -0.39 is 6.29 Å². The summed E-state index contributed by atoms with van der Waals surface area (Å²) >= 11 is 0. The highest BCUT2D eigenvalue weighted by molar-refractivity contribution is 5.75. The fourth-order valence-electron chi connectivity index (χ4n) is 2.89. The van der Waals surface area contributed by atoms with E-state index in [4.69, 9.17) is 0 Å². The van der Waals surface area contributed by atoms with Crippen LogP contribution in [0.25, 0.3) is 0 Å². The highest BCUT2D eigenvalue weighted by atomic mass is 16.6. The van der Waals surface area contributed by atoms with Crippen LogP contribution in [0.2, 0.25) is 0 Å². The molecule has 0 bridgehead atoms. The Hall–Kier alpha value is -1.78. The molecule has 2 aliphatic rings. The third-order valence-electron chi connectivity index (χ3n) is 3.65. The Morgan fingerprint density at radius 2 is 2.00 bits per heavy atom. The highest BCUT2D eigenvalue weighted by Gasteiger charge is 2.41. The van der Waals surface area contributed by atoms with Gasteiger partial charge in [0, 0.05) is 6.04 Å². The maximum Gasteiger partial charge on any atom is 0.366 e. The molecule has 5 heteroatoms. The number of fused-ring (bicyclic) bond motifs is 1. The number of hydrogen-bond acceptors (Lipinski definition) is 4. The number of nitrogens with zero attached hydrogens (tertiary/aromatic N) is 2. The van der Waals surface area contributed by atoms with Gasteiger partial charge in [0.05, 0.1) is 16.3 Å². The number of hydrogen-bond donors (Lipinski definition) is 1. The van der Waals surface area contributed by atoms with Crippen molar-refractivity contribution in [3.8, 4) is 0 Å². The lowest BCUT2D eigenvalue weighted by molar-refractivity contribution is -0.513. The van der Waals surface area contributed by atoms with Gasteiger partial charge in [-0.25, -0.2) is 0 Å². The summed E-state index contributed by atoms with van der Waals surface area (Å²) in [7, 11) is 0. The summed E-state index contributed by atoms with van der Waals surface area (Å²) in [5.41, 5.74) is 1.85. The van der Waals surface area contributed by atoms with Crippen LogP contribution in [0.5, 0.6) is 0 Å². The Bertz CT molecular complexity index is 443. The van der Waals surface area contributed by atoms with E-state index >= 15 is 0 Å². The molecule has 1 aromatic rings. The predicted molar refractivity (Wildman–Crippen MR) is 65.6 cm³/mol. The van der Waals surface area contributed by atoms with Gasteiger partial charge in [-0.3, -0.25) is 15.0 Å². The molecule has 1 fully saturated rings. The monoisotopic (exact) mass is 233 g/mol. The van der Waals surface area contributed by atoms with E-state index in [1.54, 1.807) is 0 Å². The first-order valence-electron chi connectivity index (χ1n) is 6.05. The lowest BCUT2D eigenvalue weighted by Gasteiger charge is -2.26. The Morgan fingerprint density at radius 3 is 2.71 bits per heavy atom. The molecule has 17 heavy (non-hydrogen) atoms. The molecule has 1 atom stereocenters. The van der Waals surface area contributed by atoms with Crippen molar-refractivity contribution in [3.63, 3.8) is 0 Å². The Labute approximate surface area is 99.6 Å². The minimum absolute atomic E-state index is 0.238. The molecule has 1 aliphatic heterocycles. The van der Waals surface area contributed by atoms with Crippen LogP contribution in [0.4, 0.5) is 11.4 Å². The summed E-state index contributed by atoms with van der Waals surface area (Å²) in [5.74, 6) is 0. The van der Waals surface area contributed by atoms with E-state index in [9.17, 15) is 10.1 Å². The predicted octanol–water partition coefficient (Wildman–Crippen LogP) is 2.42. The number of anilines is 2. The van der Waals surface area contributed by atoms with Crippen LogP contribution in [0.3, 0.4) is 0 Å². The second kappa shape index (κ2) is 3.91. The van der Waals surface area contributed by atoms with Crippen molar-refractivity contribution >= 4 is 11.4 Å².